The molecule has 6 heteroatoms. The number of ether oxygens (including phenoxy) is 4. The Hall–Kier alpha value is -2.24. The van der Waals surface area contributed by atoms with Gasteiger partial charge >= 0.3 is 11.9 Å². The van der Waals surface area contributed by atoms with Crippen LogP contribution in [0.1, 0.15) is 41.5 Å². The highest BCUT2D eigenvalue weighted by Crippen LogP contribution is 2.22. The minimum Gasteiger partial charge on any atom is -0.455 e. The molecule has 0 radical (unpaired) electrons. The number of esters is 2. The maximum atomic E-state index is 11.5. The van der Waals surface area contributed by atoms with E-state index in [1.165, 1.54) is 0 Å². The highest BCUT2D eigenvalue weighted by molar-refractivity contribution is 5.71. The van der Waals surface area contributed by atoms with Gasteiger partial charge in [0.15, 0.2) is 0 Å². The summed E-state index contributed by atoms with van der Waals surface area (Å²) in [7, 11) is 0. The summed E-state index contributed by atoms with van der Waals surface area (Å²) in [5, 5.41) is 0. The molecule has 6 nitrogen and oxygen atoms in total. The maximum Gasteiger partial charge on any atom is 0.311 e. The molecule has 0 aliphatic rings. The van der Waals surface area contributed by atoms with Crippen molar-refractivity contribution in [1.29, 1.82) is 0 Å². The van der Waals surface area contributed by atoms with Crippen LogP contribution in [0.15, 0.2) is 24.3 Å². The maximum absolute atomic E-state index is 11.5. The highest BCUT2D eigenvalue weighted by Gasteiger charge is 2.16. The van der Waals surface area contributed by atoms with E-state index in [-0.39, 0.29) is 23.8 Å². The largest absolute Gasteiger partial charge is 0.455 e. The van der Waals surface area contributed by atoms with Crippen LogP contribution in [0.5, 0.6) is 11.5 Å². The Labute approximate surface area is 143 Å². The van der Waals surface area contributed by atoms with Crippen LogP contribution in [-0.4, -0.2) is 24.5 Å². The van der Waals surface area contributed by atoms with Gasteiger partial charge in [-0.25, -0.2) is 0 Å². The minimum atomic E-state index is -0.716. The second-order valence-corrected chi connectivity index (χ2v) is 6.03. The standard InChI is InChI=1S/C18H26O6/c1-11(2)17(19)23-13(5)21-15-8-7-9-16(10-15)22-14(6)24-18(20)12(3)4/h7-14H,1-6H3. The van der Waals surface area contributed by atoms with Crippen molar-refractivity contribution in [2.75, 3.05) is 0 Å². The Morgan fingerprint density at radius 2 is 1.12 bits per heavy atom. The number of hydrogen-bond donors (Lipinski definition) is 0. The Morgan fingerprint density at radius 1 is 0.750 bits per heavy atom. The van der Waals surface area contributed by atoms with Crippen molar-refractivity contribution in [3.8, 4) is 11.5 Å². The molecule has 24 heavy (non-hydrogen) atoms. The van der Waals surface area contributed by atoms with Crippen LogP contribution in [0.2, 0.25) is 0 Å². The molecule has 0 aromatic heterocycles. The third-order valence-corrected chi connectivity index (χ3v) is 2.92. The first-order valence-electron chi connectivity index (χ1n) is 8.03. The lowest BCUT2D eigenvalue weighted by Crippen LogP contribution is -2.24. The number of rotatable bonds is 8. The molecule has 2 unspecified atom stereocenters. The zero-order valence-electron chi connectivity index (χ0n) is 15.1. The Kier molecular flexibility index (Phi) is 7.55. The zero-order chi connectivity index (χ0) is 18.3. The quantitative estimate of drug-likeness (QED) is 0.533. The van der Waals surface area contributed by atoms with Crippen LogP contribution in [0.25, 0.3) is 0 Å². The van der Waals surface area contributed by atoms with Crippen molar-refractivity contribution >= 4 is 11.9 Å². The molecule has 0 saturated carbocycles. The monoisotopic (exact) mass is 338 g/mol. The van der Waals surface area contributed by atoms with E-state index in [4.69, 9.17) is 18.9 Å². The van der Waals surface area contributed by atoms with E-state index in [0.717, 1.165) is 0 Å². The molecule has 0 spiro atoms. The molecule has 0 bridgehead atoms. The molecule has 1 rings (SSSR count). The fourth-order valence-electron chi connectivity index (χ4n) is 1.65. The topological polar surface area (TPSA) is 71.1 Å². The van der Waals surface area contributed by atoms with Crippen molar-refractivity contribution in [2.45, 2.75) is 54.1 Å². The van der Waals surface area contributed by atoms with Gasteiger partial charge in [0, 0.05) is 19.9 Å². The lowest BCUT2D eigenvalue weighted by Gasteiger charge is -2.19. The second kappa shape index (κ2) is 9.15. The number of carbonyl (C=O) groups is 2. The third-order valence-electron chi connectivity index (χ3n) is 2.92. The van der Waals surface area contributed by atoms with Crippen LogP contribution in [0, 0.1) is 11.8 Å². The van der Waals surface area contributed by atoms with Gasteiger partial charge in [-0.3, -0.25) is 9.59 Å². The summed E-state index contributed by atoms with van der Waals surface area (Å²) in [6, 6.07) is 6.81. The number of carbonyl (C=O) groups excluding carboxylic acids is 2. The number of benzene rings is 1. The van der Waals surface area contributed by atoms with E-state index in [1.54, 1.807) is 65.8 Å². The fourth-order valence-corrected chi connectivity index (χ4v) is 1.65. The summed E-state index contributed by atoms with van der Waals surface area (Å²) in [4.78, 5) is 23.1. The Morgan fingerprint density at radius 3 is 1.46 bits per heavy atom. The highest BCUT2D eigenvalue weighted by atomic mass is 16.7. The van der Waals surface area contributed by atoms with Gasteiger partial charge in [0.2, 0.25) is 12.6 Å². The van der Waals surface area contributed by atoms with Gasteiger partial charge in [0.25, 0.3) is 0 Å². The fraction of sp³-hybridized carbons (Fsp3) is 0.556. The van der Waals surface area contributed by atoms with Gasteiger partial charge in [-0.2, -0.15) is 0 Å². The summed E-state index contributed by atoms with van der Waals surface area (Å²) in [5.74, 6) is -0.129. The summed E-state index contributed by atoms with van der Waals surface area (Å²) < 4.78 is 21.4. The Bertz CT molecular complexity index is 507. The van der Waals surface area contributed by atoms with Crippen LogP contribution >= 0.6 is 0 Å². The first kappa shape index (κ1) is 19.8. The summed E-state index contributed by atoms with van der Waals surface area (Å²) in [6.07, 6.45) is -1.43. The lowest BCUT2D eigenvalue weighted by molar-refractivity contribution is -0.165. The van der Waals surface area contributed by atoms with E-state index in [2.05, 4.69) is 0 Å². The summed E-state index contributed by atoms with van der Waals surface area (Å²) in [5.41, 5.74) is 0. The first-order valence-corrected chi connectivity index (χ1v) is 8.03. The zero-order valence-corrected chi connectivity index (χ0v) is 15.1. The van der Waals surface area contributed by atoms with Crippen LogP contribution in [0.4, 0.5) is 0 Å². The lowest BCUT2D eigenvalue weighted by atomic mass is 10.2. The van der Waals surface area contributed by atoms with Gasteiger partial charge in [-0.1, -0.05) is 33.8 Å². The van der Waals surface area contributed by atoms with Crippen molar-refractivity contribution in [3.63, 3.8) is 0 Å². The van der Waals surface area contributed by atoms with Crippen LogP contribution < -0.4 is 9.47 Å². The third kappa shape index (κ3) is 6.89. The van der Waals surface area contributed by atoms with E-state index in [1.807, 2.05) is 0 Å². The molecule has 134 valence electrons. The molecule has 1 aromatic carbocycles. The molecule has 0 saturated heterocycles. The molecule has 0 aliphatic carbocycles. The Balaban J connectivity index is 2.60. The van der Waals surface area contributed by atoms with Crippen LogP contribution in [-0.2, 0) is 19.1 Å². The molecular weight excluding hydrogens is 312 g/mol. The average Bonchev–Trinajstić information content (AvgIpc) is 2.46. The molecular formula is C18H26O6. The second-order valence-electron chi connectivity index (χ2n) is 6.03. The van der Waals surface area contributed by atoms with E-state index >= 15 is 0 Å². The molecule has 1 aromatic rings. The molecule has 0 amide bonds. The van der Waals surface area contributed by atoms with Gasteiger partial charge in [0.1, 0.15) is 11.5 Å². The van der Waals surface area contributed by atoms with Crippen molar-refractivity contribution in [2.24, 2.45) is 11.8 Å². The van der Waals surface area contributed by atoms with Gasteiger partial charge < -0.3 is 18.9 Å². The van der Waals surface area contributed by atoms with Gasteiger partial charge in [-0.15, -0.1) is 0 Å². The molecule has 2 atom stereocenters. The predicted octanol–water partition coefficient (Wildman–Crippen LogP) is 3.53. The normalized spacial score (nSPS) is 13.3. The van der Waals surface area contributed by atoms with E-state index in [9.17, 15) is 9.59 Å². The average molecular weight is 338 g/mol. The molecule has 0 heterocycles. The van der Waals surface area contributed by atoms with E-state index in [0.29, 0.717) is 11.5 Å². The number of hydrogen-bond acceptors (Lipinski definition) is 6. The predicted molar refractivity (Wildman–Crippen MR) is 88.5 cm³/mol. The van der Waals surface area contributed by atoms with Crippen molar-refractivity contribution in [1.82, 2.24) is 0 Å². The molecule has 0 N–H and O–H groups in total. The van der Waals surface area contributed by atoms with E-state index < -0.39 is 12.6 Å². The van der Waals surface area contributed by atoms with Gasteiger partial charge in [-0.05, 0) is 12.1 Å². The van der Waals surface area contributed by atoms with Gasteiger partial charge in [0.05, 0.1) is 11.8 Å². The smallest absolute Gasteiger partial charge is 0.311 e. The first-order chi connectivity index (χ1) is 11.2. The SMILES string of the molecule is CC(OC(=O)C(C)C)Oc1cccc(OC(C)OC(=O)C(C)C)c1. The molecule has 0 fully saturated rings. The van der Waals surface area contributed by atoms with Crippen LogP contribution in [0.3, 0.4) is 0 Å². The summed E-state index contributed by atoms with van der Waals surface area (Å²) >= 11 is 0. The van der Waals surface area contributed by atoms with Crippen molar-refractivity contribution < 1.29 is 28.5 Å². The minimum absolute atomic E-state index is 0.220. The van der Waals surface area contributed by atoms with Crippen molar-refractivity contribution in [3.05, 3.63) is 24.3 Å². The molecule has 0 aliphatic heterocycles. The summed E-state index contributed by atoms with van der Waals surface area (Å²) in [6.45, 7) is 10.3.